The molecule has 1 amide bonds. The van der Waals surface area contributed by atoms with Crippen molar-refractivity contribution in [2.75, 3.05) is 5.33 Å². The van der Waals surface area contributed by atoms with Crippen molar-refractivity contribution in [3.63, 3.8) is 0 Å². The first kappa shape index (κ1) is 17.2. The quantitative estimate of drug-likeness (QED) is 0.772. The Morgan fingerprint density at radius 1 is 1.32 bits per heavy atom. The van der Waals surface area contributed by atoms with Gasteiger partial charge in [-0.3, -0.25) is 9.48 Å². The van der Waals surface area contributed by atoms with Gasteiger partial charge < -0.3 is 5.32 Å². The molecule has 0 fully saturated rings. The summed E-state index contributed by atoms with van der Waals surface area (Å²) in [5, 5.41) is 12.7. The maximum atomic E-state index is 12.4. The average molecular weight is 406 g/mol. The summed E-state index contributed by atoms with van der Waals surface area (Å²) in [6.07, 6.45) is 1.81. The van der Waals surface area contributed by atoms with Gasteiger partial charge >= 0.3 is 0 Å². The van der Waals surface area contributed by atoms with E-state index >= 15 is 0 Å². The Hall–Kier alpha value is -1.11. The number of hydrogen-bond acceptors (Lipinski definition) is 3. The lowest BCUT2D eigenvalue weighted by Crippen LogP contribution is -2.41. The average Bonchev–Trinajstić information content (AvgIpc) is 2.87. The fourth-order valence-electron chi connectivity index (χ4n) is 1.89. The van der Waals surface area contributed by atoms with Gasteiger partial charge in [0, 0.05) is 20.9 Å². The van der Waals surface area contributed by atoms with E-state index in [1.165, 1.54) is 0 Å². The molecule has 1 aromatic heterocycles. The Morgan fingerprint density at radius 3 is 2.55 bits per heavy atom. The van der Waals surface area contributed by atoms with Crippen LogP contribution in [0.3, 0.4) is 0 Å². The van der Waals surface area contributed by atoms with Gasteiger partial charge in [0.15, 0.2) is 0 Å². The molecule has 8 heteroatoms. The van der Waals surface area contributed by atoms with Crippen LogP contribution in [0, 0.1) is 0 Å². The molecule has 0 bridgehead atoms. The highest BCUT2D eigenvalue weighted by molar-refractivity contribution is 9.09. The maximum Gasteiger partial charge on any atom is 0.252 e. The third kappa shape index (κ3) is 4.21. The molecular weight excluding hydrogens is 391 g/mol. The Bertz CT molecular complexity index is 667. The molecule has 2 aromatic rings. The van der Waals surface area contributed by atoms with Gasteiger partial charge in [0.2, 0.25) is 0 Å². The van der Waals surface area contributed by atoms with E-state index in [2.05, 4.69) is 31.6 Å². The van der Waals surface area contributed by atoms with Crippen LogP contribution in [0.25, 0.3) is 0 Å². The van der Waals surface area contributed by atoms with Gasteiger partial charge in [0.25, 0.3) is 5.91 Å². The number of rotatable bonds is 5. The second kappa shape index (κ2) is 6.98. The van der Waals surface area contributed by atoms with Crippen molar-refractivity contribution in [3.8, 4) is 0 Å². The molecule has 0 saturated heterocycles. The van der Waals surface area contributed by atoms with Gasteiger partial charge in [0.1, 0.15) is 5.69 Å². The van der Waals surface area contributed by atoms with Crippen LogP contribution in [0.4, 0.5) is 0 Å². The van der Waals surface area contributed by atoms with Gasteiger partial charge in [-0.1, -0.05) is 44.3 Å². The fourth-order valence-corrected chi connectivity index (χ4v) is 2.78. The number of benzene rings is 1. The predicted octanol–water partition coefficient (Wildman–Crippen LogP) is 3.64. The highest BCUT2D eigenvalue weighted by Crippen LogP contribution is 2.22. The van der Waals surface area contributed by atoms with Crippen LogP contribution in [0.1, 0.15) is 29.9 Å². The second-order valence-corrected chi connectivity index (χ2v) is 6.96. The molecule has 0 aliphatic rings. The van der Waals surface area contributed by atoms with Crippen LogP contribution in [-0.2, 0) is 12.1 Å². The van der Waals surface area contributed by atoms with E-state index in [1.807, 2.05) is 20.0 Å². The first-order valence-corrected chi connectivity index (χ1v) is 8.45. The molecule has 0 atom stereocenters. The molecule has 2 rings (SSSR count). The van der Waals surface area contributed by atoms with E-state index in [0.717, 1.165) is 5.33 Å². The van der Waals surface area contributed by atoms with Crippen LogP contribution in [0.2, 0.25) is 10.0 Å². The lowest BCUT2D eigenvalue weighted by Gasteiger charge is -2.23. The van der Waals surface area contributed by atoms with Crippen molar-refractivity contribution in [2.45, 2.75) is 25.9 Å². The number of aromatic nitrogens is 3. The molecule has 118 valence electrons. The summed E-state index contributed by atoms with van der Waals surface area (Å²) >= 11 is 15.2. The van der Waals surface area contributed by atoms with Crippen LogP contribution in [0.5, 0.6) is 0 Å². The predicted molar refractivity (Wildman–Crippen MR) is 90.8 cm³/mol. The summed E-state index contributed by atoms with van der Waals surface area (Å²) in [5.74, 6) is -0.274. The zero-order chi connectivity index (χ0) is 16.3. The smallest absolute Gasteiger partial charge is 0.252 e. The molecule has 22 heavy (non-hydrogen) atoms. The Balaban J connectivity index is 2.17. The lowest BCUT2D eigenvalue weighted by atomic mass is 10.0. The molecule has 0 aliphatic carbocycles. The number of nitrogens with zero attached hydrogens (tertiary/aromatic N) is 3. The van der Waals surface area contributed by atoms with Crippen LogP contribution >= 0.6 is 39.1 Å². The van der Waals surface area contributed by atoms with E-state index in [0.29, 0.717) is 27.8 Å². The molecule has 0 unspecified atom stereocenters. The molecule has 5 nitrogen and oxygen atoms in total. The topological polar surface area (TPSA) is 59.8 Å². The number of alkyl halides is 1. The number of carbonyl (C=O) groups is 1. The molecule has 0 saturated carbocycles. The van der Waals surface area contributed by atoms with Crippen LogP contribution < -0.4 is 5.32 Å². The van der Waals surface area contributed by atoms with Gasteiger partial charge in [-0.15, -0.1) is 5.10 Å². The largest absolute Gasteiger partial charge is 0.341 e. The summed E-state index contributed by atoms with van der Waals surface area (Å²) in [6, 6.07) is 4.72. The molecule has 1 N–H and O–H groups in total. The summed E-state index contributed by atoms with van der Waals surface area (Å²) in [4.78, 5) is 12.4. The summed E-state index contributed by atoms with van der Waals surface area (Å²) in [7, 11) is 0. The number of aryl methyl sites for hydroxylation is 1. The summed E-state index contributed by atoms with van der Waals surface area (Å²) < 4.78 is 1.72. The van der Waals surface area contributed by atoms with Crippen molar-refractivity contribution < 1.29 is 4.79 Å². The second-order valence-electron chi connectivity index (χ2n) is 5.29. The first-order chi connectivity index (χ1) is 10.3. The summed E-state index contributed by atoms with van der Waals surface area (Å²) in [6.45, 7) is 4.43. The number of nitrogens with one attached hydrogen (secondary N) is 1. The van der Waals surface area contributed by atoms with Crippen LogP contribution in [-0.4, -0.2) is 26.2 Å². The molecule has 0 aliphatic heterocycles. The van der Waals surface area contributed by atoms with Crippen molar-refractivity contribution in [1.82, 2.24) is 20.3 Å². The molecule has 0 spiro atoms. The number of amides is 1. The minimum atomic E-state index is -0.670. The van der Waals surface area contributed by atoms with Crippen molar-refractivity contribution in [3.05, 3.63) is 45.7 Å². The monoisotopic (exact) mass is 404 g/mol. The maximum absolute atomic E-state index is 12.4. The molecule has 1 aromatic carbocycles. The fraction of sp³-hybridized carbons (Fsp3) is 0.357. The zero-order valence-electron chi connectivity index (χ0n) is 12.1. The standard InChI is InChI=1S/C14H15BrCl2N4O/c1-14(2,12-8-21(4-3-15)20-19-12)18-13(22)9-5-10(16)7-11(17)6-9/h5-8H,3-4H2,1-2H3,(H,18,22). The van der Waals surface area contributed by atoms with Gasteiger partial charge in [-0.25, -0.2) is 0 Å². The van der Waals surface area contributed by atoms with Crippen molar-refractivity contribution >= 4 is 45.0 Å². The highest BCUT2D eigenvalue weighted by Gasteiger charge is 2.27. The third-order valence-electron chi connectivity index (χ3n) is 3.04. The van der Waals surface area contributed by atoms with E-state index in [9.17, 15) is 4.79 Å². The number of halogens is 3. The van der Waals surface area contributed by atoms with Crippen molar-refractivity contribution in [1.29, 1.82) is 0 Å². The van der Waals surface area contributed by atoms with Gasteiger partial charge in [-0.05, 0) is 32.0 Å². The number of hydrogen-bond donors (Lipinski definition) is 1. The first-order valence-electron chi connectivity index (χ1n) is 6.57. The molecule has 0 radical (unpaired) electrons. The van der Waals surface area contributed by atoms with E-state index < -0.39 is 5.54 Å². The SMILES string of the molecule is CC(C)(NC(=O)c1cc(Cl)cc(Cl)c1)c1cn(CCBr)nn1. The zero-order valence-corrected chi connectivity index (χ0v) is 15.2. The normalized spacial score (nSPS) is 11.5. The van der Waals surface area contributed by atoms with E-state index in [1.54, 1.807) is 22.9 Å². The summed E-state index contributed by atoms with van der Waals surface area (Å²) in [5.41, 5.74) is 0.407. The number of carbonyl (C=O) groups excluding carboxylic acids is 1. The van der Waals surface area contributed by atoms with Crippen LogP contribution in [0.15, 0.2) is 24.4 Å². The third-order valence-corrected chi connectivity index (χ3v) is 3.83. The lowest BCUT2D eigenvalue weighted by molar-refractivity contribution is 0.0910. The Kier molecular flexibility index (Phi) is 5.47. The Labute approximate surface area is 147 Å². The minimum Gasteiger partial charge on any atom is -0.341 e. The highest BCUT2D eigenvalue weighted by atomic mass is 79.9. The van der Waals surface area contributed by atoms with Gasteiger partial charge in [-0.2, -0.15) is 0 Å². The van der Waals surface area contributed by atoms with E-state index in [-0.39, 0.29) is 5.91 Å². The molecule has 1 heterocycles. The molecular formula is C14H15BrCl2N4O. The van der Waals surface area contributed by atoms with Crippen molar-refractivity contribution in [2.24, 2.45) is 0 Å². The minimum absolute atomic E-state index is 0.274. The van der Waals surface area contributed by atoms with Gasteiger partial charge in [0.05, 0.1) is 18.3 Å². The van der Waals surface area contributed by atoms with E-state index in [4.69, 9.17) is 23.2 Å². The Morgan fingerprint density at radius 2 is 1.95 bits per heavy atom.